The van der Waals surface area contributed by atoms with Crippen molar-refractivity contribution in [1.29, 1.82) is 0 Å². The van der Waals surface area contributed by atoms with Crippen LogP contribution >= 0.6 is 0 Å². The number of pyridine rings is 1. The fourth-order valence-electron chi connectivity index (χ4n) is 2.28. The molecule has 1 aliphatic heterocycles. The molecule has 2 rings (SSSR count). The lowest BCUT2D eigenvalue weighted by Gasteiger charge is -2.18. The maximum absolute atomic E-state index is 10.4. The fourth-order valence-corrected chi connectivity index (χ4v) is 2.28. The first-order valence-electron chi connectivity index (χ1n) is 7.22. The lowest BCUT2D eigenvalue weighted by Crippen LogP contribution is -2.17. The van der Waals surface area contributed by atoms with Gasteiger partial charge in [0.2, 0.25) is 0 Å². The standard InChI is InChI=1S/C10H14N2.C5H9NO4/c1-12-7-3-5-10(12)9-4-2-6-11-8-9;6-3-10-5(9)2-1-4(7)8/h2,4,6,8,10H,3,5,7H2,1H3;1-3,6H2,(H,7,8). The molecule has 0 saturated carbocycles. The van der Waals surface area contributed by atoms with E-state index in [4.69, 9.17) is 10.8 Å². The second-order valence-electron chi connectivity index (χ2n) is 5.00. The molecule has 22 heavy (non-hydrogen) atoms. The van der Waals surface area contributed by atoms with Crippen molar-refractivity contribution < 1.29 is 19.4 Å². The predicted molar refractivity (Wildman–Crippen MR) is 80.9 cm³/mol. The topological polar surface area (TPSA) is 106 Å². The van der Waals surface area contributed by atoms with Gasteiger partial charge in [-0.2, -0.15) is 0 Å². The Labute approximate surface area is 130 Å². The highest BCUT2D eigenvalue weighted by molar-refractivity contribution is 5.76. The summed E-state index contributed by atoms with van der Waals surface area (Å²) in [5.74, 6) is -1.60. The minimum atomic E-state index is -1.02. The van der Waals surface area contributed by atoms with E-state index in [1.54, 1.807) is 0 Å². The van der Waals surface area contributed by atoms with E-state index in [-0.39, 0.29) is 19.6 Å². The number of hydrogen-bond acceptors (Lipinski definition) is 6. The van der Waals surface area contributed by atoms with Crippen LogP contribution in [0.25, 0.3) is 0 Å². The normalized spacial score (nSPS) is 17.5. The minimum Gasteiger partial charge on any atom is -0.481 e. The van der Waals surface area contributed by atoms with E-state index in [1.165, 1.54) is 24.9 Å². The molecule has 7 nitrogen and oxygen atoms in total. The van der Waals surface area contributed by atoms with Gasteiger partial charge in [0.25, 0.3) is 0 Å². The van der Waals surface area contributed by atoms with Gasteiger partial charge in [0.15, 0.2) is 0 Å². The summed E-state index contributed by atoms with van der Waals surface area (Å²) >= 11 is 0. The SMILES string of the molecule is CN1CCCC1c1cccnc1.NCOC(=O)CCC(=O)O. The number of rotatable bonds is 5. The number of carboxylic acids is 1. The molecule has 1 saturated heterocycles. The zero-order valence-electron chi connectivity index (χ0n) is 12.8. The number of carboxylic acid groups (broad SMARTS) is 1. The number of aliphatic carboxylic acids is 1. The number of carbonyl (C=O) groups excluding carboxylic acids is 1. The lowest BCUT2D eigenvalue weighted by molar-refractivity contribution is -0.147. The van der Waals surface area contributed by atoms with Crippen molar-refractivity contribution in [2.45, 2.75) is 31.7 Å². The fraction of sp³-hybridized carbons (Fsp3) is 0.533. The monoisotopic (exact) mass is 309 g/mol. The van der Waals surface area contributed by atoms with Gasteiger partial charge < -0.3 is 9.84 Å². The first kappa shape index (κ1) is 18.1. The Hall–Kier alpha value is -1.99. The molecule has 0 radical (unpaired) electrons. The molecule has 1 fully saturated rings. The summed E-state index contributed by atoms with van der Waals surface area (Å²) in [5.41, 5.74) is 6.20. The summed E-state index contributed by atoms with van der Waals surface area (Å²) in [6, 6.07) is 4.79. The molecule has 0 spiro atoms. The Balaban J connectivity index is 0.000000225. The number of esters is 1. The van der Waals surface area contributed by atoms with Crippen LogP contribution in [0.2, 0.25) is 0 Å². The molecule has 7 heteroatoms. The van der Waals surface area contributed by atoms with E-state index in [0.717, 1.165) is 0 Å². The van der Waals surface area contributed by atoms with Gasteiger partial charge in [0.05, 0.1) is 12.8 Å². The van der Waals surface area contributed by atoms with Crippen LogP contribution in [0, 0.1) is 0 Å². The zero-order valence-corrected chi connectivity index (χ0v) is 12.8. The third kappa shape index (κ3) is 6.64. The lowest BCUT2D eigenvalue weighted by atomic mass is 10.1. The van der Waals surface area contributed by atoms with Gasteiger partial charge in [-0.25, -0.2) is 0 Å². The molecule has 1 aliphatic rings. The first-order valence-corrected chi connectivity index (χ1v) is 7.22. The average Bonchev–Trinajstić information content (AvgIpc) is 2.93. The quantitative estimate of drug-likeness (QED) is 0.621. The molecule has 3 N–H and O–H groups in total. The van der Waals surface area contributed by atoms with Crippen LogP contribution in [0.1, 0.15) is 37.3 Å². The number of hydrogen-bond donors (Lipinski definition) is 2. The summed E-state index contributed by atoms with van der Waals surface area (Å²) in [6.07, 6.45) is 6.08. The maximum Gasteiger partial charge on any atom is 0.307 e. The van der Waals surface area contributed by atoms with Crippen molar-refractivity contribution in [3.8, 4) is 0 Å². The molecule has 1 aromatic heterocycles. The van der Waals surface area contributed by atoms with Gasteiger partial charge in [-0.05, 0) is 38.1 Å². The highest BCUT2D eigenvalue weighted by atomic mass is 16.5. The molecule has 2 heterocycles. The van der Waals surface area contributed by atoms with Crippen molar-refractivity contribution in [1.82, 2.24) is 9.88 Å². The number of ether oxygens (including phenoxy) is 1. The van der Waals surface area contributed by atoms with Crippen molar-refractivity contribution in [2.75, 3.05) is 20.3 Å². The van der Waals surface area contributed by atoms with Crippen LogP contribution in [0.5, 0.6) is 0 Å². The molecule has 1 aromatic rings. The zero-order chi connectivity index (χ0) is 16.4. The van der Waals surface area contributed by atoms with Crippen molar-refractivity contribution in [3.05, 3.63) is 30.1 Å². The van der Waals surface area contributed by atoms with Gasteiger partial charge in [0, 0.05) is 18.4 Å². The van der Waals surface area contributed by atoms with E-state index >= 15 is 0 Å². The van der Waals surface area contributed by atoms with E-state index in [2.05, 4.69) is 27.7 Å². The second-order valence-corrected chi connectivity index (χ2v) is 5.00. The molecule has 1 atom stereocenters. The molecule has 0 aliphatic carbocycles. The largest absolute Gasteiger partial charge is 0.481 e. The average molecular weight is 309 g/mol. The number of likely N-dealkylation sites (tertiary alicyclic amines) is 1. The van der Waals surface area contributed by atoms with Crippen LogP contribution in [-0.2, 0) is 14.3 Å². The molecule has 0 amide bonds. The highest BCUT2D eigenvalue weighted by Crippen LogP contribution is 2.29. The van der Waals surface area contributed by atoms with Crippen molar-refractivity contribution in [2.24, 2.45) is 5.73 Å². The van der Waals surface area contributed by atoms with Crippen molar-refractivity contribution in [3.63, 3.8) is 0 Å². The predicted octanol–water partition coefficient (Wildman–Crippen LogP) is 1.16. The molecule has 0 aromatic carbocycles. The Kier molecular flexibility index (Phi) is 8.09. The summed E-state index contributed by atoms with van der Waals surface area (Å²) < 4.78 is 4.27. The van der Waals surface area contributed by atoms with Gasteiger partial charge in [-0.3, -0.25) is 25.2 Å². The summed E-state index contributed by atoms with van der Waals surface area (Å²) in [6.45, 7) is 1.03. The van der Waals surface area contributed by atoms with Crippen LogP contribution < -0.4 is 5.73 Å². The van der Waals surface area contributed by atoms with Gasteiger partial charge in [-0.1, -0.05) is 6.07 Å². The van der Waals surface area contributed by atoms with Gasteiger partial charge in [-0.15, -0.1) is 0 Å². The Morgan fingerprint density at radius 2 is 2.27 bits per heavy atom. The van der Waals surface area contributed by atoms with E-state index in [0.29, 0.717) is 6.04 Å². The van der Waals surface area contributed by atoms with Crippen LogP contribution in [0.3, 0.4) is 0 Å². The Morgan fingerprint density at radius 3 is 2.77 bits per heavy atom. The third-order valence-corrected chi connectivity index (χ3v) is 3.38. The molecular weight excluding hydrogens is 286 g/mol. The smallest absolute Gasteiger partial charge is 0.307 e. The van der Waals surface area contributed by atoms with Gasteiger partial charge >= 0.3 is 11.9 Å². The number of nitrogens with zero attached hydrogens (tertiary/aromatic N) is 2. The van der Waals surface area contributed by atoms with Crippen molar-refractivity contribution >= 4 is 11.9 Å². The Morgan fingerprint density at radius 1 is 1.50 bits per heavy atom. The summed E-state index contributed by atoms with van der Waals surface area (Å²) in [7, 11) is 2.19. The minimum absolute atomic E-state index is 0.119. The molecule has 1 unspecified atom stereocenters. The number of nitrogens with two attached hydrogens (primary N) is 1. The first-order chi connectivity index (χ1) is 10.5. The number of carbonyl (C=O) groups is 2. The maximum atomic E-state index is 10.4. The Bertz CT molecular complexity index is 467. The molecule has 122 valence electrons. The molecule has 0 bridgehead atoms. The van der Waals surface area contributed by atoms with Gasteiger partial charge in [0.1, 0.15) is 6.73 Å². The third-order valence-electron chi connectivity index (χ3n) is 3.38. The summed E-state index contributed by atoms with van der Waals surface area (Å²) in [4.78, 5) is 26.8. The van der Waals surface area contributed by atoms with Crippen LogP contribution in [0.4, 0.5) is 0 Å². The second kappa shape index (κ2) is 9.86. The van der Waals surface area contributed by atoms with E-state index in [1.807, 2.05) is 18.5 Å². The van der Waals surface area contributed by atoms with Crippen LogP contribution in [0.15, 0.2) is 24.5 Å². The van der Waals surface area contributed by atoms with E-state index < -0.39 is 11.9 Å². The molecular formula is C15H23N3O4. The highest BCUT2D eigenvalue weighted by Gasteiger charge is 2.21. The van der Waals surface area contributed by atoms with Crippen LogP contribution in [-0.4, -0.2) is 47.3 Å². The summed E-state index contributed by atoms with van der Waals surface area (Å²) in [5, 5.41) is 8.09. The van der Waals surface area contributed by atoms with E-state index in [9.17, 15) is 9.59 Å². The number of aromatic nitrogens is 1.